The van der Waals surface area contributed by atoms with Crippen LogP contribution in [-0.2, 0) is 13.2 Å². The molecule has 4 rings (SSSR count). The predicted octanol–water partition coefficient (Wildman–Crippen LogP) is 3.24. The van der Waals surface area contributed by atoms with E-state index in [1.165, 1.54) is 16.7 Å². The second-order valence-electron chi connectivity index (χ2n) is 8.25. The van der Waals surface area contributed by atoms with Crippen LogP contribution < -0.4 is 11.2 Å². The van der Waals surface area contributed by atoms with E-state index in [0.29, 0.717) is 17.3 Å². The van der Waals surface area contributed by atoms with E-state index < -0.39 is 18.1 Å². The van der Waals surface area contributed by atoms with E-state index in [9.17, 15) is 14.7 Å². The van der Waals surface area contributed by atoms with Crippen LogP contribution in [0, 0.1) is 5.82 Å². The molecule has 160 valence electrons. The molecular formula is C22H27FN4O3. The molecule has 0 unspecified atom stereocenters. The summed E-state index contributed by atoms with van der Waals surface area (Å²) in [6, 6.07) is 2.91. The molecule has 0 amide bonds. The molecule has 7 nitrogen and oxygen atoms in total. The normalized spacial score (nSPS) is 15.0. The highest BCUT2D eigenvalue weighted by Gasteiger charge is 2.23. The molecule has 30 heavy (non-hydrogen) atoms. The third kappa shape index (κ3) is 3.19. The summed E-state index contributed by atoms with van der Waals surface area (Å²) >= 11 is 0. The summed E-state index contributed by atoms with van der Waals surface area (Å²) in [6.07, 6.45) is 6.00. The minimum Gasteiger partial charge on any atom is -0.388 e. The van der Waals surface area contributed by atoms with Crippen LogP contribution in [0.15, 0.2) is 27.9 Å². The van der Waals surface area contributed by atoms with Gasteiger partial charge in [0.05, 0.1) is 5.39 Å². The number of fused-ring (bicyclic) bond motifs is 1. The van der Waals surface area contributed by atoms with Gasteiger partial charge in [-0.05, 0) is 48.8 Å². The Hall–Kier alpha value is -2.74. The van der Waals surface area contributed by atoms with Gasteiger partial charge in [0.1, 0.15) is 18.1 Å². The fraction of sp³-hybridized carbons (Fsp3) is 0.500. The number of halogens is 1. The molecule has 0 spiro atoms. The Balaban J connectivity index is 2.00. The molecule has 2 heterocycles. The number of nitrogens with zero attached hydrogens (tertiary/aromatic N) is 4. The monoisotopic (exact) mass is 414 g/mol. The van der Waals surface area contributed by atoms with E-state index in [1.807, 2.05) is 20.0 Å². The van der Waals surface area contributed by atoms with Gasteiger partial charge in [0.25, 0.3) is 5.56 Å². The van der Waals surface area contributed by atoms with E-state index in [0.717, 1.165) is 35.9 Å². The number of hydrogen-bond acceptors (Lipinski definition) is 4. The van der Waals surface area contributed by atoms with Crippen molar-refractivity contribution < 1.29 is 9.50 Å². The van der Waals surface area contributed by atoms with Gasteiger partial charge in [0, 0.05) is 18.8 Å². The van der Waals surface area contributed by atoms with Crippen molar-refractivity contribution in [1.29, 1.82) is 0 Å². The standard InChI is InChI=1S/C22H27FN4O3/c1-4-25-20(12-28)24-27(22(25)30)19-10-15-16(9-18(19)23)21(29)26(11-17(15)13(2)3)14-7-5-6-8-14/h9-11,13-14,28H,4-8,12H2,1-3H3. The van der Waals surface area contributed by atoms with Crippen LogP contribution in [0.3, 0.4) is 0 Å². The van der Waals surface area contributed by atoms with Crippen molar-refractivity contribution in [1.82, 2.24) is 18.9 Å². The minimum absolute atomic E-state index is 0.0192. The molecule has 3 aromatic rings. The molecule has 1 aliphatic rings. The summed E-state index contributed by atoms with van der Waals surface area (Å²) in [5.74, 6) is -0.412. The summed E-state index contributed by atoms with van der Waals surface area (Å²) in [5.41, 5.74) is 0.192. The van der Waals surface area contributed by atoms with E-state index in [-0.39, 0.29) is 29.0 Å². The lowest BCUT2D eigenvalue weighted by Crippen LogP contribution is -2.26. The summed E-state index contributed by atoms with van der Waals surface area (Å²) in [6.45, 7) is 5.71. The Labute approximate surface area is 173 Å². The van der Waals surface area contributed by atoms with Crippen LogP contribution in [0.5, 0.6) is 0 Å². The Morgan fingerprint density at radius 3 is 2.47 bits per heavy atom. The number of aliphatic hydroxyl groups is 1. The Bertz CT molecular complexity index is 1220. The van der Waals surface area contributed by atoms with Crippen molar-refractivity contribution in [3.05, 3.63) is 56.4 Å². The van der Waals surface area contributed by atoms with E-state index in [2.05, 4.69) is 5.10 Å². The second kappa shape index (κ2) is 7.83. The molecule has 1 aliphatic carbocycles. The van der Waals surface area contributed by atoms with Crippen molar-refractivity contribution in [2.75, 3.05) is 0 Å². The van der Waals surface area contributed by atoms with E-state index >= 15 is 4.39 Å². The van der Waals surface area contributed by atoms with Gasteiger partial charge in [-0.2, -0.15) is 4.68 Å². The molecule has 8 heteroatoms. The first-order valence-corrected chi connectivity index (χ1v) is 10.6. The lowest BCUT2D eigenvalue weighted by molar-refractivity contribution is 0.264. The molecule has 1 fully saturated rings. The van der Waals surface area contributed by atoms with Crippen molar-refractivity contribution >= 4 is 10.8 Å². The zero-order chi connectivity index (χ0) is 21.6. The summed E-state index contributed by atoms with van der Waals surface area (Å²) in [5, 5.41) is 14.5. The quantitative estimate of drug-likeness (QED) is 0.695. The third-order valence-corrected chi connectivity index (χ3v) is 6.11. The summed E-state index contributed by atoms with van der Waals surface area (Å²) in [7, 11) is 0. The molecule has 0 radical (unpaired) electrons. The fourth-order valence-electron chi connectivity index (χ4n) is 4.50. The average molecular weight is 414 g/mol. The third-order valence-electron chi connectivity index (χ3n) is 6.11. The van der Waals surface area contributed by atoms with Gasteiger partial charge >= 0.3 is 5.69 Å². The SMILES string of the molecule is CCn1c(CO)nn(-c2cc3c(C(C)C)cn(C4CCCC4)c(=O)c3cc2F)c1=O. The highest BCUT2D eigenvalue weighted by Crippen LogP contribution is 2.32. The number of pyridine rings is 1. The lowest BCUT2D eigenvalue weighted by Gasteiger charge is -2.19. The van der Waals surface area contributed by atoms with E-state index in [1.54, 1.807) is 11.5 Å². The van der Waals surface area contributed by atoms with Gasteiger partial charge in [0.2, 0.25) is 0 Å². The maximum absolute atomic E-state index is 15.1. The number of aromatic nitrogens is 4. The van der Waals surface area contributed by atoms with Crippen molar-refractivity contribution in [3.63, 3.8) is 0 Å². The maximum atomic E-state index is 15.1. The van der Waals surface area contributed by atoms with E-state index in [4.69, 9.17) is 0 Å². The van der Waals surface area contributed by atoms with Crippen LogP contribution in [0.25, 0.3) is 16.5 Å². The second-order valence-corrected chi connectivity index (χ2v) is 8.25. The van der Waals surface area contributed by atoms with Crippen molar-refractivity contribution in [2.24, 2.45) is 0 Å². The predicted molar refractivity (Wildman–Crippen MR) is 113 cm³/mol. The average Bonchev–Trinajstić information content (AvgIpc) is 3.35. The highest BCUT2D eigenvalue weighted by atomic mass is 19.1. The number of rotatable bonds is 5. The molecule has 1 aromatic carbocycles. The van der Waals surface area contributed by atoms with Crippen LogP contribution >= 0.6 is 0 Å². The zero-order valence-electron chi connectivity index (χ0n) is 17.6. The topological polar surface area (TPSA) is 82.0 Å². The molecule has 1 saturated carbocycles. The lowest BCUT2D eigenvalue weighted by atomic mass is 9.97. The highest BCUT2D eigenvalue weighted by molar-refractivity contribution is 5.87. The van der Waals surface area contributed by atoms with Crippen LogP contribution in [0.4, 0.5) is 4.39 Å². The number of benzene rings is 1. The first-order chi connectivity index (χ1) is 14.4. The maximum Gasteiger partial charge on any atom is 0.350 e. The van der Waals surface area contributed by atoms with Gasteiger partial charge in [-0.25, -0.2) is 9.18 Å². The van der Waals surface area contributed by atoms with Crippen LogP contribution in [0.2, 0.25) is 0 Å². The molecule has 0 bridgehead atoms. The summed E-state index contributed by atoms with van der Waals surface area (Å²) in [4.78, 5) is 25.9. The largest absolute Gasteiger partial charge is 0.388 e. The Morgan fingerprint density at radius 1 is 1.20 bits per heavy atom. The number of hydrogen-bond donors (Lipinski definition) is 1. The van der Waals surface area contributed by atoms with Gasteiger partial charge in [-0.1, -0.05) is 26.7 Å². The Morgan fingerprint density at radius 2 is 1.90 bits per heavy atom. The van der Waals surface area contributed by atoms with Crippen molar-refractivity contribution in [2.45, 2.75) is 71.6 Å². The first-order valence-electron chi connectivity index (χ1n) is 10.6. The molecule has 0 aliphatic heterocycles. The van der Waals surface area contributed by atoms with Crippen LogP contribution in [0.1, 0.15) is 69.8 Å². The first kappa shape index (κ1) is 20.5. The molecule has 1 N–H and O–H groups in total. The van der Waals surface area contributed by atoms with Gasteiger partial charge in [-0.3, -0.25) is 9.36 Å². The Kier molecular flexibility index (Phi) is 5.36. The van der Waals surface area contributed by atoms with Gasteiger partial charge in [-0.15, -0.1) is 5.10 Å². The van der Waals surface area contributed by atoms with Gasteiger partial charge < -0.3 is 9.67 Å². The van der Waals surface area contributed by atoms with Gasteiger partial charge in [0.15, 0.2) is 5.82 Å². The fourth-order valence-corrected chi connectivity index (χ4v) is 4.50. The zero-order valence-corrected chi connectivity index (χ0v) is 17.6. The molecule has 0 saturated heterocycles. The van der Waals surface area contributed by atoms with Crippen LogP contribution in [-0.4, -0.2) is 24.0 Å². The smallest absolute Gasteiger partial charge is 0.350 e. The van der Waals surface area contributed by atoms with Crippen molar-refractivity contribution in [3.8, 4) is 5.69 Å². The summed E-state index contributed by atoms with van der Waals surface area (Å²) < 4.78 is 19.2. The molecule has 0 atom stereocenters. The molecule has 2 aromatic heterocycles. The number of aliphatic hydroxyl groups excluding tert-OH is 1. The minimum atomic E-state index is -0.689. The molecular weight excluding hydrogens is 387 g/mol.